The molecule has 3 N–H and O–H groups in total. The van der Waals surface area contributed by atoms with Crippen molar-refractivity contribution in [1.29, 1.82) is 0 Å². The molecule has 5 heteroatoms. The van der Waals surface area contributed by atoms with Gasteiger partial charge in [0.25, 0.3) is 0 Å². The highest BCUT2D eigenvalue weighted by Gasteiger charge is 2.22. The minimum absolute atomic E-state index is 0.125. The molecule has 0 spiro atoms. The summed E-state index contributed by atoms with van der Waals surface area (Å²) in [6, 6.07) is 0. The fourth-order valence-electron chi connectivity index (χ4n) is 1.04. The van der Waals surface area contributed by atoms with E-state index >= 15 is 0 Å². The number of nitrogens with two attached hydrogens (primary N) is 1. The van der Waals surface area contributed by atoms with Gasteiger partial charge in [0.15, 0.2) is 0 Å². The summed E-state index contributed by atoms with van der Waals surface area (Å²) in [5.41, 5.74) is 5.32. The van der Waals surface area contributed by atoms with Crippen LogP contribution in [0.3, 0.4) is 0 Å². The number of morpholine rings is 1. The third-order valence-corrected chi connectivity index (χ3v) is 1.67. The molecule has 0 radical (unpaired) electrons. The van der Waals surface area contributed by atoms with Crippen LogP contribution in [-0.2, 0) is 4.74 Å². The molecule has 1 aliphatic rings. The fourth-order valence-corrected chi connectivity index (χ4v) is 1.04. The molecule has 1 amide bonds. The number of rotatable bonds is 1. The van der Waals surface area contributed by atoms with Gasteiger partial charge in [-0.25, -0.2) is 4.79 Å². The summed E-state index contributed by atoms with van der Waals surface area (Å²) in [5.74, 6) is 0. The smallest absolute Gasteiger partial charge is 0.407 e. The van der Waals surface area contributed by atoms with Gasteiger partial charge in [-0.05, 0) is 0 Å². The molecule has 0 aromatic carbocycles. The van der Waals surface area contributed by atoms with E-state index in [1.165, 1.54) is 4.90 Å². The van der Waals surface area contributed by atoms with Crippen LogP contribution < -0.4 is 5.73 Å². The van der Waals surface area contributed by atoms with E-state index in [0.717, 1.165) is 0 Å². The minimum atomic E-state index is -0.897. The molecule has 0 saturated carbocycles. The molecule has 0 aliphatic carbocycles. The highest BCUT2D eigenvalue weighted by atomic mass is 16.5. The Hall–Kier alpha value is -0.810. The van der Waals surface area contributed by atoms with Crippen molar-refractivity contribution in [3.05, 3.63) is 0 Å². The molecule has 64 valence electrons. The first-order chi connectivity index (χ1) is 5.24. The van der Waals surface area contributed by atoms with E-state index in [4.69, 9.17) is 15.6 Å². The Morgan fingerprint density at radius 2 is 2.55 bits per heavy atom. The first-order valence-electron chi connectivity index (χ1n) is 3.53. The molecular weight excluding hydrogens is 148 g/mol. The summed E-state index contributed by atoms with van der Waals surface area (Å²) in [7, 11) is 0. The topological polar surface area (TPSA) is 75.8 Å². The average Bonchev–Trinajstić information content (AvgIpc) is 2.05. The third kappa shape index (κ3) is 2.06. The number of hydrogen-bond acceptors (Lipinski definition) is 3. The molecule has 1 heterocycles. The van der Waals surface area contributed by atoms with Gasteiger partial charge in [0.2, 0.25) is 0 Å². The van der Waals surface area contributed by atoms with Crippen molar-refractivity contribution in [3.8, 4) is 0 Å². The highest BCUT2D eigenvalue weighted by molar-refractivity contribution is 5.65. The molecule has 0 aromatic heterocycles. The lowest BCUT2D eigenvalue weighted by atomic mass is 10.3. The van der Waals surface area contributed by atoms with Gasteiger partial charge in [0.1, 0.15) is 0 Å². The van der Waals surface area contributed by atoms with Crippen LogP contribution in [0.25, 0.3) is 0 Å². The van der Waals surface area contributed by atoms with Crippen molar-refractivity contribution in [2.24, 2.45) is 5.73 Å². The first-order valence-corrected chi connectivity index (χ1v) is 3.53. The molecule has 5 nitrogen and oxygen atoms in total. The lowest BCUT2D eigenvalue weighted by molar-refractivity contribution is -0.0167. The summed E-state index contributed by atoms with van der Waals surface area (Å²) in [5, 5.41) is 8.58. The zero-order valence-corrected chi connectivity index (χ0v) is 6.19. The Morgan fingerprint density at radius 3 is 3.09 bits per heavy atom. The van der Waals surface area contributed by atoms with Gasteiger partial charge < -0.3 is 20.5 Å². The summed E-state index contributed by atoms with van der Waals surface area (Å²) in [4.78, 5) is 11.8. The summed E-state index contributed by atoms with van der Waals surface area (Å²) >= 11 is 0. The number of hydrogen-bond donors (Lipinski definition) is 2. The van der Waals surface area contributed by atoms with Gasteiger partial charge in [0.05, 0.1) is 19.3 Å². The van der Waals surface area contributed by atoms with Crippen LogP contribution in [0.4, 0.5) is 4.79 Å². The summed E-state index contributed by atoms with van der Waals surface area (Å²) in [6.07, 6.45) is -1.02. The molecule has 1 atom stereocenters. The number of ether oxygens (including phenoxy) is 1. The fraction of sp³-hybridized carbons (Fsp3) is 0.833. The molecular formula is C6H12N2O3. The van der Waals surface area contributed by atoms with E-state index in [0.29, 0.717) is 26.2 Å². The van der Waals surface area contributed by atoms with E-state index in [2.05, 4.69) is 0 Å². The SMILES string of the molecule is NCC1CN(C(=O)O)CCO1. The standard InChI is InChI=1S/C6H12N2O3/c7-3-5-4-8(6(9)10)1-2-11-5/h5H,1-4,7H2,(H,9,10). The van der Waals surface area contributed by atoms with Crippen molar-refractivity contribution >= 4 is 6.09 Å². The Kier molecular flexibility index (Phi) is 2.67. The first kappa shape index (κ1) is 8.29. The van der Waals surface area contributed by atoms with Crippen molar-refractivity contribution in [2.75, 3.05) is 26.2 Å². The normalized spacial score (nSPS) is 25.2. The van der Waals surface area contributed by atoms with Crippen LogP contribution in [0.15, 0.2) is 0 Å². The summed E-state index contributed by atoms with van der Waals surface area (Å²) < 4.78 is 5.18. The third-order valence-electron chi connectivity index (χ3n) is 1.67. The summed E-state index contributed by atoms with van der Waals surface area (Å²) in [6.45, 7) is 1.68. The Morgan fingerprint density at radius 1 is 1.82 bits per heavy atom. The second kappa shape index (κ2) is 3.54. The number of nitrogens with zero attached hydrogens (tertiary/aromatic N) is 1. The van der Waals surface area contributed by atoms with Crippen molar-refractivity contribution in [3.63, 3.8) is 0 Å². The lowest BCUT2D eigenvalue weighted by Crippen LogP contribution is -2.47. The van der Waals surface area contributed by atoms with E-state index in [1.54, 1.807) is 0 Å². The maximum Gasteiger partial charge on any atom is 0.407 e. The molecule has 0 bridgehead atoms. The van der Waals surface area contributed by atoms with Gasteiger partial charge in [-0.3, -0.25) is 0 Å². The predicted molar refractivity (Wildman–Crippen MR) is 38.4 cm³/mol. The van der Waals surface area contributed by atoms with Crippen molar-refractivity contribution < 1.29 is 14.6 Å². The zero-order valence-electron chi connectivity index (χ0n) is 6.19. The predicted octanol–water partition coefficient (Wildman–Crippen LogP) is -0.676. The van der Waals surface area contributed by atoms with Gasteiger partial charge in [-0.1, -0.05) is 0 Å². The van der Waals surface area contributed by atoms with E-state index < -0.39 is 6.09 Å². The number of carboxylic acid groups (broad SMARTS) is 1. The van der Waals surface area contributed by atoms with E-state index in [1.807, 2.05) is 0 Å². The highest BCUT2D eigenvalue weighted by Crippen LogP contribution is 2.03. The zero-order chi connectivity index (χ0) is 8.27. The van der Waals surface area contributed by atoms with Crippen molar-refractivity contribution in [1.82, 2.24) is 4.90 Å². The van der Waals surface area contributed by atoms with Crippen molar-refractivity contribution in [2.45, 2.75) is 6.10 Å². The maximum atomic E-state index is 10.4. The molecule has 1 rings (SSSR count). The molecule has 1 unspecified atom stereocenters. The number of amides is 1. The molecule has 1 aliphatic heterocycles. The lowest BCUT2D eigenvalue weighted by Gasteiger charge is -2.30. The van der Waals surface area contributed by atoms with E-state index in [-0.39, 0.29) is 6.10 Å². The van der Waals surface area contributed by atoms with Crippen LogP contribution in [0.5, 0.6) is 0 Å². The van der Waals surface area contributed by atoms with Crippen LogP contribution in [0, 0.1) is 0 Å². The van der Waals surface area contributed by atoms with Gasteiger partial charge in [0, 0.05) is 13.1 Å². The van der Waals surface area contributed by atoms with E-state index in [9.17, 15) is 4.79 Å². The van der Waals surface area contributed by atoms with Gasteiger partial charge in [-0.15, -0.1) is 0 Å². The second-order valence-electron chi connectivity index (χ2n) is 2.46. The molecule has 1 saturated heterocycles. The molecule has 0 aromatic rings. The van der Waals surface area contributed by atoms with Crippen LogP contribution in [-0.4, -0.2) is 48.4 Å². The van der Waals surface area contributed by atoms with Crippen LogP contribution in [0.2, 0.25) is 0 Å². The maximum absolute atomic E-state index is 10.4. The Balaban J connectivity index is 2.39. The minimum Gasteiger partial charge on any atom is -0.465 e. The molecule has 1 fully saturated rings. The largest absolute Gasteiger partial charge is 0.465 e. The number of carbonyl (C=O) groups is 1. The quantitative estimate of drug-likeness (QED) is 0.533. The average molecular weight is 160 g/mol. The van der Waals surface area contributed by atoms with Gasteiger partial charge in [-0.2, -0.15) is 0 Å². The van der Waals surface area contributed by atoms with Crippen LogP contribution >= 0.6 is 0 Å². The Labute approximate surface area is 64.7 Å². The second-order valence-corrected chi connectivity index (χ2v) is 2.46. The monoisotopic (exact) mass is 160 g/mol. The molecule has 11 heavy (non-hydrogen) atoms. The van der Waals surface area contributed by atoms with Crippen LogP contribution in [0.1, 0.15) is 0 Å². The van der Waals surface area contributed by atoms with Gasteiger partial charge >= 0.3 is 6.09 Å². The Bertz CT molecular complexity index is 151.